The largest absolute Gasteiger partial charge is 0.478 e. The predicted molar refractivity (Wildman–Crippen MR) is 140 cm³/mol. The van der Waals surface area contributed by atoms with Crippen molar-refractivity contribution in [2.75, 3.05) is 13.1 Å². The SMILES string of the molecule is CC12n3cc[n+](CC(=O)O)c3C[N+]1(CCCCCNC(=O)c1ccc(S(N)(=O)=O)cc1)Cc1n2cc[n+]1CC(=O)O. The zero-order valence-corrected chi connectivity index (χ0v) is 23.5. The topological polar surface area (TPSA) is 181 Å². The summed E-state index contributed by atoms with van der Waals surface area (Å²) in [7, 11) is -3.82. The summed E-state index contributed by atoms with van der Waals surface area (Å²) in [5.74, 6) is -0.925. The number of primary sulfonamides is 1. The molecule has 0 saturated heterocycles. The highest BCUT2D eigenvalue weighted by Gasteiger charge is 2.71. The van der Waals surface area contributed by atoms with Gasteiger partial charge >= 0.3 is 29.4 Å². The number of amides is 1. The molecule has 4 heterocycles. The first kappa shape index (κ1) is 28.4. The van der Waals surface area contributed by atoms with E-state index in [0.717, 1.165) is 37.5 Å². The minimum absolute atomic E-state index is 0.0576. The quantitative estimate of drug-likeness (QED) is 0.123. The van der Waals surface area contributed by atoms with Crippen LogP contribution in [0.2, 0.25) is 0 Å². The maximum absolute atomic E-state index is 12.5. The van der Waals surface area contributed by atoms with Gasteiger partial charge in [0, 0.05) is 12.1 Å². The van der Waals surface area contributed by atoms with Gasteiger partial charge in [0.15, 0.2) is 26.2 Å². The highest BCUT2D eigenvalue weighted by Crippen LogP contribution is 2.47. The fourth-order valence-corrected chi connectivity index (χ4v) is 6.77. The third-order valence-electron chi connectivity index (χ3n) is 8.31. The molecule has 0 spiro atoms. The Kier molecular flexibility index (Phi) is 7.21. The van der Waals surface area contributed by atoms with Gasteiger partial charge in [-0.2, -0.15) is 0 Å². The highest BCUT2D eigenvalue weighted by molar-refractivity contribution is 7.89. The number of carbonyl (C=O) groups excluding carboxylic acids is 1. The molecule has 0 saturated carbocycles. The first-order valence-corrected chi connectivity index (χ1v) is 14.8. The maximum Gasteiger partial charge on any atom is 0.386 e. The van der Waals surface area contributed by atoms with Gasteiger partial charge in [-0.1, -0.05) is 0 Å². The number of carbonyl (C=O) groups is 3. The Balaban J connectivity index is 1.25. The molecule has 14 nitrogen and oxygen atoms in total. The molecule has 5 rings (SSSR count). The van der Waals surface area contributed by atoms with Crippen molar-refractivity contribution in [3.63, 3.8) is 0 Å². The Morgan fingerprint density at radius 2 is 1.49 bits per heavy atom. The zero-order valence-electron chi connectivity index (χ0n) is 22.6. The Labute approximate surface area is 236 Å². The summed E-state index contributed by atoms with van der Waals surface area (Å²) >= 11 is 0. The van der Waals surface area contributed by atoms with Crippen LogP contribution in [0.15, 0.2) is 53.9 Å². The average Bonchev–Trinajstić information content (AvgIpc) is 3.59. The first-order valence-electron chi connectivity index (χ1n) is 13.3. The Morgan fingerprint density at radius 1 is 0.951 bits per heavy atom. The minimum Gasteiger partial charge on any atom is -0.478 e. The second-order valence-electron chi connectivity index (χ2n) is 10.8. The van der Waals surface area contributed by atoms with Crippen LogP contribution in [0.3, 0.4) is 0 Å². The maximum atomic E-state index is 12.5. The van der Waals surface area contributed by atoms with Gasteiger partial charge in [0.25, 0.3) is 5.91 Å². The van der Waals surface area contributed by atoms with E-state index in [1.54, 1.807) is 21.5 Å². The fourth-order valence-electron chi connectivity index (χ4n) is 6.26. The van der Waals surface area contributed by atoms with Gasteiger partial charge in [0.2, 0.25) is 10.0 Å². The van der Waals surface area contributed by atoms with E-state index in [4.69, 9.17) is 5.14 Å². The number of carboxylic acid groups (broad SMARTS) is 2. The lowest BCUT2D eigenvalue weighted by molar-refractivity contribution is -1.01. The summed E-state index contributed by atoms with van der Waals surface area (Å²) in [5.41, 5.74) is 0.341. The van der Waals surface area contributed by atoms with Crippen LogP contribution in [0.1, 0.15) is 48.2 Å². The number of hydrogen-bond acceptors (Lipinski definition) is 5. The Morgan fingerprint density at radius 3 is 1.98 bits per heavy atom. The number of benzene rings is 1. The number of nitrogens with one attached hydrogen (secondary N) is 1. The lowest BCUT2D eigenvalue weighted by Crippen LogP contribution is -2.57. The van der Waals surface area contributed by atoms with E-state index >= 15 is 0 Å². The molecule has 0 atom stereocenters. The number of hydrogen-bond donors (Lipinski definition) is 4. The van der Waals surface area contributed by atoms with Crippen molar-refractivity contribution in [2.45, 2.75) is 63.0 Å². The summed E-state index contributed by atoms with van der Waals surface area (Å²) < 4.78 is 31.1. The fraction of sp³-hybridized carbons (Fsp3) is 0.423. The van der Waals surface area contributed by atoms with Gasteiger partial charge < -0.3 is 15.5 Å². The summed E-state index contributed by atoms with van der Waals surface area (Å²) in [6.07, 6.45) is 9.76. The van der Waals surface area contributed by atoms with Gasteiger partial charge in [0.1, 0.15) is 24.8 Å². The van der Waals surface area contributed by atoms with Crippen LogP contribution < -0.4 is 19.6 Å². The standard InChI is InChI=1S/C26H31N7O7S/c1-26-31-12-10-29(15-23(34)35)21(31)17-33(26,18-22-30(16-24(36)37)11-13-32(22)26)14-4-2-3-9-28-25(38)19-5-7-20(8-6-19)41(27,39)40/h5-8,10-13H,2-4,9,14-18H2,1H3,(H2-3,27,28,34,35,36,37,38,39,40)/p+3. The molecular weight excluding hydrogens is 554 g/mol. The minimum atomic E-state index is -3.82. The predicted octanol–water partition coefficient (Wildman–Crippen LogP) is -0.696. The van der Waals surface area contributed by atoms with Crippen LogP contribution in [0.5, 0.6) is 0 Å². The van der Waals surface area contributed by atoms with Crippen molar-refractivity contribution < 1.29 is 46.6 Å². The normalized spacial score (nSPS) is 20.8. The molecule has 2 aliphatic rings. The van der Waals surface area contributed by atoms with Gasteiger partial charge in [-0.05, 0) is 43.5 Å². The molecular formula is C26H34N7O7S+3. The van der Waals surface area contributed by atoms with Crippen LogP contribution in [-0.2, 0) is 51.6 Å². The summed E-state index contributed by atoms with van der Waals surface area (Å²) in [6, 6.07) is 5.44. The van der Waals surface area contributed by atoms with E-state index in [2.05, 4.69) is 21.4 Å². The van der Waals surface area contributed by atoms with Crippen LogP contribution in [0.4, 0.5) is 0 Å². The smallest absolute Gasteiger partial charge is 0.386 e. The van der Waals surface area contributed by atoms with E-state index in [0.29, 0.717) is 29.7 Å². The molecule has 2 aliphatic heterocycles. The molecule has 5 N–H and O–H groups in total. The molecule has 1 aromatic carbocycles. The van der Waals surface area contributed by atoms with Gasteiger partial charge in [-0.15, -0.1) is 9.13 Å². The molecule has 0 fully saturated rings. The van der Waals surface area contributed by atoms with Crippen molar-refractivity contribution in [2.24, 2.45) is 5.14 Å². The molecule has 41 heavy (non-hydrogen) atoms. The van der Waals surface area contributed by atoms with E-state index in [1.807, 2.05) is 12.4 Å². The molecule has 0 radical (unpaired) electrons. The first-order chi connectivity index (χ1) is 19.4. The zero-order chi connectivity index (χ0) is 29.6. The molecule has 218 valence electrons. The number of aliphatic carboxylic acids is 2. The number of nitrogens with two attached hydrogens (primary N) is 1. The number of sulfonamides is 1. The summed E-state index contributed by atoms with van der Waals surface area (Å²) in [6.45, 7) is 4.24. The van der Waals surface area contributed by atoms with Gasteiger partial charge in [0.05, 0.1) is 18.4 Å². The van der Waals surface area contributed by atoms with E-state index in [-0.39, 0.29) is 23.9 Å². The second-order valence-corrected chi connectivity index (χ2v) is 12.3. The molecule has 1 amide bonds. The van der Waals surface area contributed by atoms with Crippen LogP contribution >= 0.6 is 0 Å². The lowest BCUT2D eigenvalue weighted by Gasteiger charge is -2.35. The third kappa shape index (κ3) is 5.00. The molecule has 0 aliphatic carbocycles. The second kappa shape index (κ2) is 10.4. The van der Waals surface area contributed by atoms with Crippen LogP contribution in [0.25, 0.3) is 0 Å². The number of fused-ring (bicyclic) bond motifs is 5. The van der Waals surface area contributed by atoms with Crippen molar-refractivity contribution >= 4 is 27.9 Å². The monoisotopic (exact) mass is 588 g/mol. The Hall–Kier alpha value is -4.08. The van der Waals surface area contributed by atoms with Crippen LogP contribution in [0, 0.1) is 0 Å². The summed E-state index contributed by atoms with van der Waals surface area (Å²) in [4.78, 5) is 35.4. The number of unbranched alkanes of at least 4 members (excludes halogenated alkanes) is 2. The number of imidazole rings is 2. The number of rotatable bonds is 12. The molecule has 0 unspecified atom stereocenters. The Bertz CT molecular complexity index is 1560. The molecule has 0 bridgehead atoms. The number of aromatic nitrogens is 4. The molecule has 15 heteroatoms. The average molecular weight is 589 g/mol. The van der Waals surface area contributed by atoms with E-state index in [9.17, 15) is 33.0 Å². The van der Waals surface area contributed by atoms with Crippen LogP contribution in [-0.4, -0.2) is 63.2 Å². The van der Waals surface area contributed by atoms with Crippen molar-refractivity contribution in [3.8, 4) is 0 Å². The number of quaternary nitrogens is 1. The lowest BCUT2D eigenvalue weighted by atomic mass is 10.1. The van der Waals surface area contributed by atoms with Gasteiger partial charge in [-0.25, -0.2) is 36.8 Å². The number of nitrogens with zero attached hydrogens (tertiary/aromatic N) is 5. The van der Waals surface area contributed by atoms with E-state index < -0.39 is 27.7 Å². The molecule has 2 aromatic heterocycles. The number of carboxylic acids is 2. The van der Waals surface area contributed by atoms with E-state index in [1.165, 1.54) is 24.3 Å². The van der Waals surface area contributed by atoms with Gasteiger partial charge in [-0.3, -0.25) is 4.79 Å². The van der Waals surface area contributed by atoms with Crippen molar-refractivity contribution in [1.82, 2.24) is 14.5 Å². The third-order valence-corrected chi connectivity index (χ3v) is 9.24. The summed E-state index contributed by atoms with van der Waals surface area (Å²) in [5, 5.41) is 26.8. The molecule has 3 aromatic rings. The van der Waals surface area contributed by atoms with Crippen molar-refractivity contribution in [1.29, 1.82) is 0 Å². The highest BCUT2D eigenvalue weighted by atomic mass is 32.2. The van der Waals surface area contributed by atoms with Crippen molar-refractivity contribution in [3.05, 3.63) is 66.3 Å².